The molecule has 0 N–H and O–H groups in total. The summed E-state index contributed by atoms with van der Waals surface area (Å²) in [4.78, 5) is 2.51. The van der Waals surface area contributed by atoms with Crippen molar-refractivity contribution in [3.05, 3.63) is 83.6 Å². The highest BCUT2D eigenvalue weighted by Crippen LogP contribution is 2.55. The Hall–Kier alpha value is -2.09. The van der Waals surface area contributed by atoms with E-state index in [4.69, 9.17) is 0 Å². The maximum absolute atomic E-state index is 14.0. The molecule has 0 amide bonds. The number of rotatable bonds is 6. The molecule has 1 aliphatic heterocycles. The summed E-state index contributed by atoms with van der Waals surface area (Å²) >= 11 is 0. The van der Waals surface area contributed by atoms with Crippen molar-refractivity contribution < 1.29 is 4.39 Å². The smallest absolute Gasteiger partial charge is 0.130 e. The highest BCUT2D eigenvalue weighted by atomic mass is 19.1. The summed E-state index contributed by atoms with van der Waals surface area (Å²) in [6, 6.07) is 18.4. The highest BCUT2D eigenvalue weighted by Gasteiger charge is 2.50. The third-order valence-electron chi connectivity index (χ3n) is 9.57. The molecule has 1 saturated heterocycles. The average molecular weight is 534 g/mol. The van der Waals surface area contributed by atoms with Crippen LogP contribution >= 0.6 is 0 Å². The van der Waals surface area contributed by atoms with Gasteiger partial charge in [-0.25, -0.2) is 4.39 Å². The number of allylic oxidation sites excluding steroid dienone is 1. The van der Waals surface area contributed by atoms with Gasteiger partial charge < -0.3 is 4.90 Å². The molecule has 0 bridgehead atoms. The molecule has 216 valence electrons. The standard InChI is InChI=1S/C22H32FN.C8H16.C7H8/c1-6-19-20(7-2)21(19)15(3)24-13-12-17(14-24)16-8-10-18(11-9-16)22(4,5)23;1-7-3-5-8(2)6-4-7;1-7-5-3-2-4-6-7/h8-11,17,19-21H,3,6-7,12-14H2,1-2,4-5H3;7-8H,3-6H2,1-2H3;2-6H,1H3. The molecule has 1 heterocycles. The molecule has 2 aromatic carbocycles. The first-order valence-electron chi connectivity index (χ1n) is 15.8. The number of nitrogens with zero attached hydrogens (tertiary/aromatic N) is 1. The van der Waals surface area contributed by atoms with Gasteiger partial charge in [-0.3, -0.25) is 0 Å². The molecule has 39 heavy (non-hydrogen) atoms. The van der Waals surface area contributed by atoms with Crippen molar-refractivity contribution >= 4 is 0 Å². The summed E-state index contributed by atoms with van der Waals surface area (Å²) in [7, 11) is 0. The Morgan fingerprint density at radius 2 is 1.36 bits per heavy atom. The maximum Gasteiger partial charge on any atom is 0.130 e. The molecule has 3 atom stereocenters. The van der Waals surface area contributed by atoms with E-state index in [0.29, 0.717) is 11.8 Å². The van der Waals surface area contributed by atoms with E-state index in [9.17, 15) is 4.39 Å². The van der Waals surface area contributed by atoms with E-state index in [1.807, 2.05) is 30.3 Å². The van der Waals surface area contributed by atoms with Gasteiger partial charge in [-0.15, -0.1) is 0 Å². The van der Waals surface area contributed by atoms with Gasteiger partial charge in [0.05, 0.1) is 0 Å². The quantitative estimate of drug-likeness (QED) is 0.357. The van der Waals surface area contributed by atoms with Crippen LogP contribution in [-0.2, 0) is 5.67 Å². The van der Waals surface area contributed by atoms with Crippen molar-refractivity contribution in [2.24, 2.45) is 29.6 Å². The molecular weight excluding hydrogens is 477 g/mol. The van der Waals surface area contributed by atoms with Gasteiger partial charge in [0.15, 0.2) is 0 Å². The predicted molar refractivity (Wildman–Crippen MR) is 168 cm³/mol. The van der Waals surface area contributed by atoms with E-state index in [1.54, 1.807) is 13.8 Å². The zero-order valence-electron chi connectivity index (χ0n) is 26.1. The number of hydrogen-bond acceptors (Lipinski definition) is 1. The third kappa shape index (κ3) is 9.22. The zero-order chi connectivity index (χ0) is 28.6. The second kappa shape index (κ2) is 14.5. The molecule has 5 rings (SSSR count). The molecule has 2 aliphatic carbocycles. The molecule has 3 fully saturated rings. The fourth-order valence-electron chi connectivity index (χ4n) is 6.67. The first-order chi connectivity index (χ1) is 18.5. The first-order valence-corrected chi connectivity index (χ1v) is 15.8. The summed E-state index contributed by atoms with van der Waals surface area (Å²) < 4.78 is 14.0. The highest BCUT2D eigenvalue weighted by molar-refractivity contribution is 5.30. The van der Waals surface area contributed by atoms with E-state index in [1.165, 1.54) is 61.8 Å². The fourth-order valence-corrected chi connectivity index (χ4v) is 6.67. The Morgan fingerprint density at radius 3 is 1.77 bits per heavy atom. The van der Waals surface area contributed by atoms with Gasteiger partial charge in [-0.05, 0) is 62.0 Å². The van der Waals surface area contributed by atoms with Gasteiger partial charge in [0, 0.05) is 30.6 Å². The van der Waals surface area contributed by atoms with Crippen molar-refractivity contribution in [3.8, 4) is 0 Å². The van der Waals surface area contributed by atoms with Gasteiger partial charge in [0.2, 0.25) is 0 Å². The lowest BCUT2D eigenvalue weighted by molar-refractivity contribution is 0.221. The van der Waals surface area contributed by atoms with Gasteiger partial charge >= 0.3 is 0 Å². The van der Waals surface area contributed by atoms with E-state index in [-0.39, 0.29) is 0 Å². The van der Waals surface area contributed by atoms with E-state index in [2.05, 4.69) is 70.4 Å². The number of benzene rings is 2. The van der Waals surface area contributed by atoms with Crippen molar-refractivity contribution in [1.29, 1.82) is 0 Å². The lowest BCUT2D eigenvalue weighted by Gasteiger charge is -2.22. The number of halogens is 1. The Kier molecular flexibility index (Phi) is 11.7. The Bertz CT molecular complexity index is 960. The average Bonchev–Trinajstić information content (AvgIpc) is 3.43. The molecule has 2 heteroatoms. The van der Waals surface area contributed by atoms with Crippen molar-refractivity contribution in [2.45, 2.75) is 105 Å². The minimum absolute atomic E-state index is 0.553. The monoisotopic (exact) mass is 533 g/mol. The van der Waals surface area contributed by atoms with Gasteiger partial charge in [0.25, 0.3) is 0 Å². The predicted octanol–water partition coefficient (Wildman–Crippen LogP) is 10.7. The van der Waals surface area contributed by atoms with Crippen molar-refractivity contribution in [1.82, 2.24) is 4.90 Å². The van der Waals surface area contributed by atoms with Crippen LogP contribution in [0.3, 0.4) is 0 Å². The number of aryl methyl sites for hydroxylation is 1. The molecule has 2 aromatic rings. The maximum atomic E-state index is 14.0. The summed E-state index contributed by atoms with van der Waals surface area (Å²) in [5.74, 6) is 5.02. The Labute approximate surface area is 240 Å². The van der Waals surface area contributed by atoms with Gasteiger partial charge in [-0.2, -0.15) is 0 Å². The molecule has 0 radical (unpaired) electrons. The number of alkyl halides is 1. The van der Waals surface area contributed by atoms with Crippen LogP contribution in [0.4, 0.5) is 4.39 Å². The number of likely N-dealkylation sites (tertiary alicyclic amines) is 1. The van der Waals surface area contributed by atoms with Crippen LogP contribution in [0.2, 0.25) is 0 Å². The van der Waals surface area contributed by atoms with Crippen molar-refractivity contribution in [2.75, 3.05) is 13.1 Å². The van der Waals surface area contributed by atoms with Crippen LogP contribution in [0.25, 0.3) is 0 Å². The van der Waals surface area contributed by atoms with Crippen LogP contribution in [0.5, 0.6) is 0 Å². The van der Waals surface area contributed by atoms with Crippen LogP contribution < -0.4 is 0 Å². The molecule has 3 unspecified atom stereocenters. The lowest BCUT2D eigenvalue weighted by Crippen LogP contribution is -2.21. The molecule has 0 aromatic heterocycles. The Morgan fingerprint density at radius 1 is 0.846 bits per heavy atom. The second-order valence-electron chi connectivity index (χ2n) is 13.2. The van der Waals surface area contributed by atoms with E-state index < -0.39 is 5.67 Å². The van der Waals surface area contributed by atoms with Crippen LogP contribution in [0, 0.1) is 36.5 Å². The number of hydrogen-bond donors (Lipinski definition) is 0. The van der Waals surface area contributed by atoms with Crippen LogP contribution in [-0.4, -0.2) is 18.0 Å². The SMILES string of the molecule is C=C(C1C(CC)C1CC)N1CCC(c2ccc(C(C)(C)F)cc2)C1.CC1CCC(C)CC1.Cc1ccccc1. The second-order valence-corrected chi connectivity index (χ2v) is 13.2. The van der Waals surface area contributed by atoms with Gasteiger partial charge in [-0.1, -0.05) is 133 Å². The summed E-state index contributed by atoms with van der Waals surface area (Å²) in [5, 5.41) is 0. The van der Waals surface area contributed by atoms with E-state index in [0.717, 1.165) is 42.3 Å². The topological polar surface area (TPSA) is 3.24 Å². The molecule has 1 nitrogen and oxygen atoms in total. The zero-order valence-corrected chi connectivity index (χ0v) is 26.1. The van der Waals surface area contributed by atoms with Gasteiger partial charge in [0.1, 0.15) is 5.67 Å². The molecule has 2 saturated carbocycles. The minimum atomic E-state index is -1.26. The molecule has 0 spiro atoms. The molecule has 3 aliphatic rings. The first kappa shape index (κ1) is 31.4. The van der Waals surface area contributed by atoms with Crippen LogP contribution in [0.15, 0.2) is 66.9 Å². The summed E-state index contributed by atoms with van der Waals surface area (Å²) in [6.45, 7) is 21.3. The van der Waals surface area contributed by atoms with Crippen LogP contribution in [0.1, 0.15) is 109 Å². The van der Waals surface area contributed by atoms with Crippen molar-refractivity contribution in [3.63, 3.8) is 0 Å². The van der Waals surface area contributed by atoms with E-state index >= 15 is 0 Å². The summed E-state index contributed by atoms with van der Waals surface area (Å²) in [5.41, 5.74) is 3.54. The molecular formula is C37H56FN. The Balaban J connectivity index is 0.000000227. The minimum Gasteiger partial charge on any atom is -0.374 e. The largest absolute Gasteiger partial charge is 0.374 e. The third-order valence-corrected chi connectivity index (χ3v) is 9.57. The lowest BCUT2D eigenvalue weighted by atomic mass is 9.84. The summed E-state index contributed by atoms with van der Waals surface area (Å²) in [6.07, 6.45) is 9.63. The fraction of sp³-hybridized carbons (Fsp3) is 0.622. The normalized spacial score (nSPS) is 28.1.